The van der Waals surface area contributed by atoms with E-state index >= 15 is 0 Å². The molecule has 1 heterocycles. The number of likely N-dealkylation sites (tertiary alicyclic amines) is 1. The Bertz CT molecular complexity index is 222. The van der Waals surface area contributed by atoms with Gasteiger partial charge >= 0.3 is 0 Å². The molecule has 3 atom stereocenters. The van der Waals surface area contributed by atoms with Gasteiger partial charge in [-0.1, -0.05) is 26.7 Å². The lowest BCUT2D eigenvalue weighted by atomic mass is 9.98. The molecule has 1 aliphatic heterocycles. The smallest absolute Gasteiger partial charge is 0.225 e. The van der Waals surface area contributed by atoms with Crippen LogP contribution in [-0.2, 0) is 4.79 Å². The lowest BCUT2D eigenvalue weighted by Gasteiger charge is -2.22. The van der Waals surface area contributed by atoms with Gasteiger partial charge in [0.2, 0.25) is 5.91 Å². The lowest BCUT2D eigenvalue weighted by Crippen LogP contribution is -2.35. The molecule has 0 bridgehead atoms. The molecule has 1 unspecified atom stereocenters. The van der Waals surface area contributed by atoms with Crippen LogP contribution in [-0.4, -0.2) is 46.3 Å². The number of nitrogens with zero attached hydrogens (tertiary/aromatic N) is 1. The number of hydrogen-bond acceptors (Lipinski definition) is 3. The zero-order chi connectivity index (χ0) is 12.1. The number of rotatable bonds is 5. The van der Waals surface area contributed by atoms with Crippen LogP contribution < -0.4 is 0 Å². The van der Waals surface area contributed by atoms with Gasteiger partial charge in [-0.15, -0.1) is 0 Å². The topological polar surface area (TPSA) is 60.8 Å². The van der Waals surface area contributed by atoms with E-state index in [1.165, 1.54) is 0 Å². The van der Waals surface area contributed by atoms with E-state index < -0.39 is 12.2 Å². The number of β-amino-alcohol motifs (C(OH)–C–C–N with tert-alkyl or cyclic N) is 2. The third-order valence-corrected chi connectivity index (χ3v) is 3.32. The molecule has 1 amide bonds. The Balaban J connectivity index is 2.48. The van der Waals surface area contributed by atoms with Crippen molar-refractivity contribution in [2.24, 2.45) is 5.92 Å². The van der Waals surface area contributed by atoms with Crippen molar-refractivity contribution in [2.45, 2.75) is 51.7 Å². The van der Waals surface area contributed by atoms with Crippen molar-refractivity contribution in [3.63, 3.8) is 0 Å². The average molecular weight is 229 g/mol. The van der Waals surface area contributed by atoms with Crippen LogP contribution in [0.1, 0.15) is 39.5 Å². The van der Waals surface area contributed by atoms with Gasteiger partial charge in [0.15, 0.2) is 0 Å². The molecule has 1 saturated heterocycles. The molecule has 4 heteroatoms. The molecular formula is C12H23NO3. The Morgan fingerprint density at radius 1 is 1.31 bits per heavy atom. The van der Waals surface area contributed by atoms with E-state index in [1.807, 2.05) is 6.92 Å². The molecule has 94 valence electrons. The highest BCUT2D eigenvalue weighted by Gasteiger charge is 2.34. The molecule has 1 fully saturated rings. The number of aliphatic hydroxyl groups excluding tert-OH is 2. The van der Waals surface area contributed by atoms with Crippen LogP contribution in [0.4, 0.5) is 0 Å². The van der Waals surface area contributed by atoms with Gasteiger partial charge in [0.1, 0.15) is 0 Å². The summed E-state index contributed by atoms with van der Waals surface area (Å²) >= 11 is 0. The largest absolute Gasteiger partial charge is 0.388 e. The maximum atomic E-state index is 12.1. The van der Waals surface area contributed by atoms with Crippen LogP contribution in [0.5, 0.6) is 0 Å². The highest BCUT2D eigenvalue weighted by molar-refractivity contribution is 5.79. The normalized spacial score (nSPS) is 27.1. The Morgan fingerprint density at radius 2 is 1.88 bits per heavy atom. The molecule has 0 spiro atoms. The zero-order valence-electron chi connectivity index (χ0n) is 10.2. The van der Waals surface area contributed by atoms with Crippen LogP contribution in [0.2, 0.25) is 0 Å². The third kappa shape index (κ3) is 3.19. The Kier molecular flexibility index (Phi) is 5.22. The summed E-state index contributed by atoms with van der Waals surface area (Å²) in [5.41, 5.74) is 0. The molecule has 0 saturated carbocycles. The predicted molar refractivity (Wildman–Crippen MR) is 61.9 cm³/mol. The highest BCUT2D eigenvalue weighted by atomic mass is 16.3. The fourth-order valence-corrected chi connectivity index (χ4v) is 2.16. The van der Waals surface area contributed by atoms with Crippen molar-refractivity contribution >= 4 is 5.91 Å². The molecule has 16 heavy (non-hydrogen) atoms. The molecular weight excluding hydrogens is 206 g/mol. The van der Waals surface area contributed by atoms with E-state index in [-0.39, 0.29) is 24.9 Å². The van der Waals surface area contributed by atoms with Gasteiger partial charge in [0, 0.05) is 19.0 Å². The monoisotopic (exact) mass is 229 g/mol. The van der Waals surface area contributed by atoms with Gasteiger partial charge in [-0.3, -0.25) is 4.79 Å². The second-order valence-corrected chi connectivity index (χ2v) is 4.63. The number of amides is 1. The number of unbranched alkanes of at least 4 members (excludes halogenated alkanes) is 1. The SMILES string of the molecule is CCCCC(CC)C(=O)N1C[C@@H](O)[C@@H](O)C1. The first-order valence-corrected chi connectivity index (χ1v) is 6.25. The fourth-order valence-electron chi connectivity index (χ4n) is 2.16. The quantitative estimate of drug-likeness (QED) is 0.732. The van der Waals surface area contributed by atoms with Gasteiger partial charge in [-0.05, 0) is 12.8 Å². The maximum Gasteiger partial charge on any atom is 0.225 e. The van der Waals surface area contributed by atoms with Gasteiger partial charge < -0.3 is 15.1 Å². The first-order valence-electron chi connectivity index (χ1n) is 6.25. The van der Waals surface area contributed by atoms with Crippen molar-refractivity contribution in [3.05, 3.63) is 0 Å². The van der Waals surface area contributed by atoms with Crippen molar-refractivity contribution in [3.8, 4) is 0 Å². The maximum absolute atomic E-state index is 12.1. The van der Waals surface area contributed by atoms with Crippen molar-refractivity contribution in [1.82, 2.24) is 4.90 Å². The average Bonchev–Trinajstić information content (AvgIpc) is 2.60. The standard InChI is InChI=1S/C12H23NO3/c1-3-5-6-9(4-2)12(16)13-7-10(14)11(15)8-13/h9-11,14-15H,3-8H2,1-2H3/t9?,10-,11+. The third-order valence-electron chi connectivity index (χ3n) is 3.32. The Morgan fingerprint density at radius 3 is 2.31 bits per heavy atom. The molecule has 0 aromatic rings. The minimum absolute atomic E-state index is 0.0532. The second-order valence-electron chi connectivity index (χ2n) is 4.63. The van der Waals surface area contributed by atoms with Gasteiger partial charge in [-0.2, -0.15) is 0 Å². The number of carbonyl (C=O) groups is 1. The predicted octanol–water partition coefficient (Wildman–Crippen LogP) is 0.767. The summed E-state index contributed by atoms with van der Waals surface area (Å²) in [7, 11) is 0. The second kappa shape index (κ2) is 6.21. The summed E-state index contributed by atoms with van der Waals surface area (Å²) in [6.07, 6.45) is 2.36. The van der Waals surface area contributed by atoms with E-state index in [1.54, 1.807) is 4.90 Å². The Labute approximate surface area is 97.3 Å². The molecule has 1 rings (SSSR count). The van der Waals surface area contributed by atoms with Crippen molar-refractivity contribution in [1.29, 1.82) is 0 Å². The van der Waals surface area contributed by atoms with Crippen LogP contribution in [0.15, 0.2) is 0 Å². The minimum atomic E-state index is -0.771. The van der Waals surface area contributed by atoms with E-state index in [4.69, 9.17) is 0 Å². The number of carbonyl (C=O) groups excluding carboxylic acids is 1. The molecule has 0 aliphatic carbocycles. The highest BCUT2D eigenvalue weighted by Crippen LogP contribution is 2.19. The summed E-state index contributed by atoms with van der Waals surface area (Å²) in [6.45, 7) is 4.69. The molecule has 0 aromatic carbocycles. The Hall–Kier alpha value is -0.610. The summed E-state index contributed by atoms with van der Waals surface area (Å²) < 4.78 is 0. The fraction of sp³-hybridized carbons (Fsp3) is 0.917. The van der Waals surface area contributed by atoms with E-state index in [0.29, 0.717) is 0 Å². The van der Waals surface area contributed by atoms with Gasteiger partial charge in [-0.25, -0.2) is 0 Å². The van der Waals surface area contributed by atoms with Crippen molar-refractivity contribution < 1.29 is 15.0 Å². The molecule has 4 nitrogen and oxygen atoms in total. The first kappa shape index (κ1) is 13.5. The zero-order valence-corrected chi connectivity index (χ0v) is 10.2. The first-order chi connectivity index (χ1) is 7.60. The van der Waals surface area contributed by atoms with Crippen molar-refractivity contribution in [2.75, 3.05) is 13.1 Å². The lowest BCUT2D eigenvalue weighted by molar-refractivity contribution is -0.135. The van der Waals surface area contributed by atoms with Crippen LogP contribution in [0, 0.1) is 5.92 Å². The molecule has 0 aromatic heterocycles. The minimum Gasteiger partial charge on any atom is -0.388 e. The summed E-state index contributed by atoms with van der Waals surface area (Å²) in [4.78, 5) is 13.7. The summed E-state index contributed by atoms with van der Waals surface area (Å²) in [5, 5.41) is 18.8. The summed E-state index contributed by atoms with van der Waals surface area (Å²) in [6, 6.07) is 0. The van der Waals surface area contributed by atoms with Gasteiger partial charge in [0.05, 0.1) is 12.2 Å². The molecule has 1 aliphatic rings. The van der Waals surface area contributed by atoms with E-state index in [9.17, 15) is 15.0 Å². The summed E-state index contributed by atoms with van der Waals surface area (Å²) in [5.74, 6) is 0.143. The van der Waals surface area contributed by atoms with Crippen LogP contribution in [0.25, 0.3) is 0 Å². The van der Waals surface area contributed by atoms with E-state index in [0.717, 1.165) is 25.7 Å². The number of hydrogen-bond donors (Lipinski definition) is 2. The van der Waals surface area contributed by atoms with Gasteiger partial charge in [0.25, 0.3) is 0 Å². The molecule has 0 radical (unpaired) electrons. The van der Waals surface area contributed by atoms with Crippen LogP contribution in [0.3, 0.4) is 0 Å². The molecule has 2 N–H and O–H groups in total. The van der Waals surface area contributed by atoms with E-state index in [2.05, 4.69) is 6.92 Å². The number of aliphatic hydroxyl groups is 2. The van der Waals surface area contributed by atoms with Crippen LogP contribution >= 0.6 is 0 Å².